The van der Waals surface area contributed by atoms with Crippen molar-refractivity contribution in [3.05, 3.63) is 76.6 Å². The van der Waals surface area contributed by atoms with E-state index in [0.717, 1.165) is 12.1 Å². The minimum Gasteiger partial charge on any atom is -0.378 e. The van der Waals surface area contributed by atoms with Gasteiger partial charge in [0.2, 0.25) is 5.91 Å². The van der Waals surface area contributed by atoms with E-state index in [1.165, 1.54) is 16.8 Å². The van der Waals surface area contributed by atoms with Gasteiger partial charge in [0.15, 0.2) is 0 Å². The lowest BCUT2D eigenvalue weighted by Crippen LogP contribution is -2.40. The lowest BCUT2D eigenvalue weighted by atomic mass is 10.1. The van der Waals surface area contributed by atoms with Crippen LogP contribution in [0.1, 0.15) is 32.9 Å². The van der Waals surface area contributed by atoms with Crippen LogP contribution in [0.25, 0.3) is 5.69 Å². The smallest absolute Gasteiger partial charge is 0.378 e. The highest BCUT2D eigenvalue weighted by Crippen LogP contribution is 2.31. The fourth-order valence-corrected chi connectivity index (χ4v) is 4.01. The molecule has 2 heterocycles. The van der Waals surface area contributed by atoms with Gasteiger partial charge in [-0.25, -0.2) is 4.68 Å². The molecule has 1 saturated heterocycles. The molecule has 1 fully saturated rings. The third-order valence-electron chi connectivity index (χ3n) is 5.91. The van der Waals surface area contributed by atoms with Crippen molar-refractivity contribution in [2.24, 2.45) is 0 Å². The Morgan fingerprint density at radius 1 is 1.06 bits per heavy atom. The number of nitrogens with zero attached hydrogens (tertiary/aromatic N) is 3. The quantitative estimate of drug-likeness (QED) is 0.588. The van der Waals surface area contributed by atoms with Gasteiger partial charge in [-0.3, -0.25) is 9.59 Å². The summed E-state index contributed by atoms with van der Waals surface area (Å²) in [6.07, 6.45) is -4.46. The first-order valence-electron chi connectivity index (χ1n) is 11.1. The highest BCUT2D eigenvalue weighted by atomic mass is 19.4. The third kappa shape index (κ3) is 5.54. The molecule has 0 atom stereocenters. The Hall–Kier alpha value is -3.66. The fourth-order valence-electron chi connectivity index (χ4n) is 4.01. The van der Waals surface area contributed by atoms with E-state index < -0.39 is 11.7 Å². The Balaban J connectivity index is 1.44. The van der Waals surface area contributed by atoms with Crippen LogP contribution in [-0.2, 0) is 22.1 Å². The maximum atomic E-state index is 13.1. The number of alkyl halides is 3. The summed E-state index contributed by atoms with van der Waals surface area (Å²) in [5.74, 6) is -0.383. The van der Waals surface area contributed by atoms with Crippen LogP contribution >= 0.6 is 0 Å². The van der Waals surface area contributed by atoms with Crippen molar-refractivity contribution in [1.82, 2.24) is 14.7 Å². The SMILES string of the molecule is Cc1nn(-c2cccc(C(F)(F)F)c2)c(C)c1CC(=O)Nc1ccc(C(=O)N2CCOCC2)cc1. The van der Waals surface area contributed by atoms with Gasteiger partial charge >= 0.3 is 6.18 Å². The van der Waals surface area contributed by atoms with Gasteiger partial charge in [0.25, 0.3) is 5.91 Å². The molecule has 184 valence electrons. The molecule has 2 amide bonds. The number of rotatable bonds is 5. The van der Waals surface area contributed by atoms with E-state index in [-0.39, 0.29) is 23.9 Å². The van der Waals surface area contributed by atoms with Gasteiger partial charge in [-0.1, -0.05) is 6.07 Å². The molecular formula is C25H25F3N4O3. The lowest BCUT2D eigenvalue weighted by Gasteiger charge is -2.26. The zero-order chi connectivity index (χ0) is 25.2. The molecule has 1 N–H and O–H groups in total. The molecular weight excluding hydrogens is 461 g/mol. The Morgan fingerprint density at radius 3 is 2.40 bits per heavy atom. The van der Waals surface area contributed by atoms with Crippen LogP contribution in [0.2, 0.25) is 0 Å². The summed E-state index contributed by atoms with van der Waals surface area (Å²) in [6.45, 7) is 5.56. The molecule has 0 spiro atoms. The topological polar surface area (TPSA) is 76.5 Å². The molecule has 10 heteroatoms. The normalized spacial score (nSPS) is 14.1. The molecule has 2 aromatic carbocycles. The molecule has 1 aliphatic rings. The zero-order valence-corrected chi connectivity index (χ0v) is 19.4. The van der Waals surface area contributed by atoms with Crippen molar-refractivity contribution in [1.29, 1.82) is 0 Å². The van der Waals surface area contributed by atoms with Gasteiger partial charge in [0, 0.05) is 35.6 Å². The van der Waals surface area contributed by atoms with Gasteiger partial charge in [0.05, 0.1) is 36.6 Å². The number of halogens is 3. The summed E-state index contributed by atoms with van der Waals surface area (Å²) in [4.78, 5) is 27.0. The number of amides is 2. The van der Waals surface area contributed by atoms with Gasteiger partial charge in [-0.2, -0.15) is 18.3 Å². The predicted octanol–water partition coefficient (Wildman–Crippen LogP) is 4.16. The largest absolute Gasteiger partial charge is 0.416 e. The van der Waals surface area contributed by atoms with Crippen molar-refractivity contribution in [2.75, 3.05) is 31.6 Å². The Morgan fingerprint density at radius 2 is 1.74 bits per heavy atom. The highest BCUT2D eigenvalue weighted by Gasteiger charge is 2.31. The van der Waals surface area contributed by atoms with E-state index >= 15 is 0 Å². The van der Waals surface area contributed by atoms with Crippen LogP contribution in [0.4, 0.5) is 18.9 Å². The molecule has 0 unspecified atom stereocenters. The van der Waals surface area contributed by atoms with Crippen LogP contribution in [0.15, 0.2) is 48.5 Å². The van der Waals surface area contributed by atoms with Gasteiger partial charge in [-0.05, 0) is 56.3 Å². The number of aromatic nitrogens is 2. The average molecular weight is 486 g/mol. The first-order chi connectivity index (χ1) is 16.6. The summed E-state index contributed by atoms with van der Waals surface area (Å²) in [5.41, 5.74) is 2.35. The predicted molar refractivity (Wildman–Crippen MR) is 124 cm³/mol. The second kappa shape index (κ2) is 9.91. The molecule has 0 radical (unpaired) electrons. The second-order valence-electron chi connectivity index (χ2n) is 8.32. The van der Waals surface area contributed by atoms with Gasteiger partial charge in [-0.15, -0.1) is 0 Å². The van der Waals surface area contributed by atoms with E-state index in [4.69, 9.17) is 4.74 Å². The number of ether oxygens (including phenoxy) is 1. The molecule has 35 heavy (non-hydrogen) atoms. The highest BCUT2D eigenvalue weighted by molar-refractivity contribution is 5.96. The summed E-state index contributed by atoms with van der Waals surface area (Å²) in [5, 5.41) is 7.16. The average Bonchev–Trinajstić information content (AvgIpc) is 3.12. The first-order valence-corrected chi connectivity index (χ1v) is 11.1. The van der Waals surface area contributed by atoms with Crippen molar-refractivity contribution in [3.8, 4) is 5.69 Å². The van der Waals surface area contributed by atoms with Crippen molar-refractivity contribution in [3.63, 3.8) is 0 Å². The van der Waals surface area contributed by atoms with Crippen LogP contribution < -0.4 is 5.32 Å². The third-order valence-corrected chi connectivity index (χ3v) is 5.91. The molecule has 1 aliphatic heterocycles. The van der Waals surface area contributed by atoms with E-state index in [1.54, 1.807) is 43.0 Å². The summed E-state index contributed by atoms with van der Waals surface area (Å²) in [7, 11) is 0. The van der Waals surface area contributed by atoms with Crippen molar-refractivity contribution >= 4 is 17.5 Å². The summed E-state index contributed by atoms with van der Waals surface area (Å²) >= 11 is 0. The van der Waals surface area contributed by atoms with E-state index in [1.807, 2.05) is 0 Å². The number of hydrogen-bond donors (Lipinski definition) is 1. The van der Waals surface area contributed by atoms with Gasteiger partial charge in [0.1, 0.15) is 0 Å². The van der Waals surface area contributed by atoms with Crippen molar-refractivity contribution in [2.45, 2.75) is 26.4 Å². The van der Waals surface area contributed by atoms with Crippen molar-refractivity contribution < 1.29 is 27.5 Å². The van der Waals surface area contributed by atoms with E-state index in [0.29, 0.717) is 54.5 Å². The molecule has 0 bridgehead atoms. The first kappa shape index (κ1) is 24.5. The second-order valence-corrected chi connectivity index (χ2v) is 8.32. The molecule has 1 aromatic heterocycles. The maximum absolute atomic E-state index is 13.1. The number of morpholine rings is 1. The number of carbonyl (C=O) groups excluding carboxylic acids is 2. The molecule has 3 aromatic rings. The number of aryl methyl sites for hydroxylation is 1. The number of hydrogen-bond acceptors (Lipinski definition) is 4. The number of anilines is 1. The molecule has 4 rings (SSSR count). The Labute approximate surface area is 200 Å². The number of benzene rings is 2. The summed E-state index contributed by atoms with van der Waals surface area (Å²) in [6, 6.07) is 11.6. The minimum atomic E-state index is -4.46. The van der Waals surface area contributed by atoms with Gasteiger partial charge < -0.3 is 15.0 Å². The molecule has 0 aliphatic carbocycles. The zero-order valence-electron chi connectivity index (χ0n) is 19.4. The fraction of sp³-hybridized carbons (Fsp3) is 0.320. The van der Waals surface area contributed by atoms with E-state index in [2.05, 4.69) is 10.4 Å². The summed E-state index contributed by atoms with van der Waals surface area (Å²) < 4.78 is 46.0. The number of nitrogens with one attached hydrogen (secondary N) is 1. The Kier molecular flexibility index (Phi) is 6.93. The van der Waals surface area contributed by atoms with Crippen LogP contribution in [-0.4, -0.2) is 52.8 Å². The number of carbonyl (C=O) groups is 2. The minimum absolute atomic E-state index is 0.00505. The lowest BCUT2D eigenvalue weighted by molar-refractivity contribution is -0.137. The van der Waals surface area contributed by atoms with Crippen LogP contribution in [0.3, 0.4) is 0 Å². The monoisotopic (exact) mass is 486 g/mol. The molecule has 0 saturated carbocycles. The molecule has 7 nitrogen and oxygen atoms in total. The maximum Gasteiger partial charge on any atom is 0.416 e. The van der Waals surface area contributed by atoms with E-state index in [9.17, 15) is 22.8 Å². The standard InChI is InChI=1S/C25H25F3N4O3/c1-16-22(17(2)32(30-16)21-5-3-4-19(14-21)25(26,27)28)15-23(33)29-20-8-6-18(7-9-20)24(34)31-10-12-35-13-11-31/h3-9,14H,10-13,15H2,1-2H3,(H,29,33). The Bertz CT molecular complexity index is 1230. The van der Waals surface area contributed by atoms with Crippen LogP contribution in [0, 0.1) is 13.8 Å². The van der Waals surface area contributed by atoms with Crippen LogP contribution in [0.5, 0.6) is 0 Å².